The number of carbonyl (C=O) groups is 1. The Labute approximate surface area is 202 Å². The number of nitrogens with zero attached hydrogens (tertiary/aromatic N) is 3. The molecule has 4 rings (SSSR count). The molecule has 8 nitrogen and oxygen atoms in total. The third-order valence-electron chi connectivity index (χ3n) is 7.03. The Morgan fingerprint density at radius 2 is 1.88 bits per heavy atom. The van der Waals surface area contributed by atoms with Crippen LogP contribution in [0.3, 0.4) is 0 Å². The molecule has 0 spiro atoms. The predicted octanol–water partition coefficient (Wildman–Crippen LogP) is 4.21. The largest absolute Gasteiger partial charge is 0.367 e. The van der Waals surface area contributed by atoms with Crippen LogP contribution in [0.15, 0.2) is 41.6 Å². The van der Waals surface area contributed by atoms with E-state index in [1.54, 1.807) is 30.5 Å². The van der Waals surface area contributed by atoms with Gasteiger partial charge in [0.25, 0.3) is 15.9 Å². The highest BCUT2D eigenvalue weighted by atomic mass is 32.2. The van der Waals surface area contributed by atoms with Crippen molar-refractivity contribution in [1.29, 1.82) is 0 Å². The third-order valence-corrected chi connectivity index (χ3v) is 8.26. The van der Waals surface area contributed by atoms with Crippen LogP contribution in [0.4, 0.5) is 11.6 Å². The number of rotatable bonds is 6. The number of anilines is 2. The molecule has 0 aromatic carbocycles. The molecule has 2 aromatic rings. The third kappa shape index (κ3) is 5.19. The summed E-state index contributed by atoms with van der Waals surface area (Å²) in [5.74, 6) is 1.24. The molecule has 0 bridgehead atoms. The van der Waals surface area contributed by atoms with Gasteiger partial charge in [-0.05, 0) is 69.2 Å². The molecule has 1 aliphatic heterocycles. The Morgan fingerprint density at radius 3 is 2.59 bits per heavy atom. The number of pyridine rings is 2. The van der Waals surface area contributed by atoms with Crippen molar-refractivity contribution in [2.24, 2.45) is 11.8 Å². The summed E-state index contributed by atoms with van der Waals surface area (Å²) in [6.07, 6.45) is 7.14. The van der Waals surface area contributed by atoms with Gasteiger partial charge in [-0.1, -0.05) is 32.8 Å². The van der Waals surface area contributed by atoms with E-state index in [4.69, 9.17) is 0 Å². The maximum Gasteiger partial charge on any atom is 0.281 e. The summed E-state index contributed by atoms with van der Waals surface area (Å²) < 4.78 is 28.4. The van der Waals surface area contributed by atoms with Crippen molar-refractivity contribution < 1.29 is 13.2 Å². The number of hydrogen-bond acceptors (Lipinski definition) is 7. The van der Waals surface area contributed by atoms with Gasteiger partial charge in [-0.15, -0.1) is 0 Å². The molecular formula is C25H35N5O3S. The lowest BCUT2D eigenvalue weighted by Crippen LogP contribution is -2.41. The van der Waals surface area contributed by atoms with Crippen molar-refractivity contribution in [2.75, 3.05) is 16.8 Å². The van der Waals surface area contributed by atoms with E-state index in [1.807, 2.05) is 0 Å². The standard InChI is InChI=1S/C25H35N5O3S/c1-17-15-25(3,4)30(16-17)23-19(10-8-14-26-23)24(31)29-34(32,33)22-13-7-12-21(28-22)27-20-11-6-5-9-18(20)2/h7-8,10,12-14,17-18,20H,5-6,9,11,15-16H2,1-4H3,(H,27,28)(H,29,31). The van der Waals surface area contributed by atoms with Gasteiger partial charge in [0.2, 0.25) is 0 Å². The van der Waals surface area contributed by atoms with Crippen LogP contribution >= 0.6 is 0 Å². The van der Waals surface area contributed by atoms with Crippen LogP contribution in [0.25, 0.3) is 0 Å². The minimum atomic E-state index is -4.16. The van der Waals surface area contributed by atoms with Crippen molar-refractivity contribution in [3.8, 4) is 0 Å². The van der Waals surface area contributed by atoms with Crippen LogP contribution in [0.1, 0.15) is 70.2 Å². The first-order chi connectivity index (χ1) is 16.1. The molecular weight excluding hydrogens is 450 g/mol. The highest BCUT2D eigenvalue weighted by Gasteiger charge is 2.39. The van der Waals surface area contributed by atoms with Crippen molar-refractivity contribution in [2.45, 2.75) is 76.4 Å². The fourth-order valence-electron chi connectivity index (χ4n) is 5.34. The zero-order chi connectivity index (χ0) is 24.5. The van der Waals surface area contributed by atoms with E-state index in [0.29, 0.717) is 23.5 Å². The van der Waals surface area contributed by atoms with E-state index in [2.05, 4.69) is 52.6 Å². The maximum atomic E-state index is 13.1. The molecule has 0 radical (unpaired) electrons. The van der Waals surface area contributed by atoms with E-state index in [0.717, 1.165) is 32.2 Å². The van der Waals surface area contributed by atoms with Crippen LogP contribution in [0.5, 0.6) is 0 Å². The topological polar surface area (TPSA) is 104 Å². The molecule has 1 saturated carbocycles. The molecule has 9 heteroatoms. The van der Waals surface area contributed by atoms with Gasteiger partial charge >= 0.3 is 0 Å². The molecule has 1 saturated heterocycles. The molecule has 3 unspecified atom stereocenters. The molecule has 2 aromatic heterocycles. The lowest BCUT2D eigenvalue weighted by atomic mass is 9.86. The van der Waals surface area contributed by atoms with Gasteiger partial charge in [0.15, 0.2) is 5.03 Å². The second kappa shape index (κ2) is 9.52. The molecule has 2 N–H and O–H groups in total. The Kier molecular flexibility index (Phi) is 6.85. The van der Waals surface area contributed by atoms with E-state index in [-0.39, 0.29) is 22.2 Å². The van der Waals surface area contributed by atoms with Crippen LogP contribution in [-0.2, 0) is 10.0 Å². The molecule has 3 atom stereocenters. The summed E-state index contributed by atoms with van der Waals surface area (Å²) in [7, 11) is -4.16. The number of amides is 1. The number of aromatic nitrogens is 2. The van der Waals surface area contributed by atoms with Gasteiger partial charge in [-0.25, -0.2) is 14.7 Å². The van der Waals surface area contributed by atoms with E-state index < -0.39 is 15.9 Å². The van der Waals surface area contributed by atoms with Crippen molar-refractivity contribution in [3.05, 3.63) is 42.1 Å². The fraction of sp³-hybridized carbons (Fsp3) is 0.560. The van der Waals surface area contributed by atoms with E-state index in [9.17, 15) is 13.2 Å². The normalized spacial score (nSPS) is 24.6. The van der Waals surface area contributed by atoms with Gasteiger partial charge in [0.05, 0.1) is 5.56 Å². The van der Waals surface area contributed by atoms with Crippen LogP contribution < -0.4 is 14.9 Å². The number of nitrogens with one attached hydrogen (secondary N) is 2. The molecule has 3 heterocycles. The molecule has 2 aliphatic rings. The quantitative estimate of drug-likeness (QED) is 0.631. The SMILES string of the molecule is CC1CN(c2ncccc2C(=O)NS(=O)(=O)c2cccc(NC3CCCCC3C)n2)C(C)(C)C1. The Bertz CT molecular complexity index is 1150. The fourth-order valence-corrected chi connectivity index (χ4v) is 6.28. The lowest BCUT2D eigenvalue weighted by Gasteiger charge is -2.33. The Balaban J connectivity index is 1.54. The number of hydrogen-bond donors (Lipinski definition) is 2. The van der Waals surface area contributed by atoms with Gasteiger partial charge in [0.1, 0.15) is 11.6 Å². The van der Waals surface area contributed by atoms with Crippen molar-refractivity contribution >= 4 is 27.6 Å². The Hall–Kier alpha value is -2.68. The second-order valence-electron chi connectivity index (χ2n) is 10.4. The molecule has 34 heavy (non-hydrogen) atoms. The van der Waals surface area contributed by atoms with Gasteiger partial charge in [-0.2, -0.15) is 8.42 Å². The molecule has 2 fully saturated rings. The average molecular weight is 486 g/mol. The highest BCUT2D eigenvalue weighted by molar-refractivity contribution is 7.90. The smallest absolute Gasteiger partial charge is 0.281 e. The first kappa shape index (κ1) is 24.4. The summed E-state index contributed by atoms with van der Waals surface area (Å²) in [6, 6.07) is 8.33. The monoisotopic (exact) mass is 485 g/mol. The zero-order valence-corrected chi connectivity index (χ0v) is 21.2. The maximum absolute atomic E-state index is 13.1. The summed E-state index contributed by atoms with van der Waals surface area (Å²) in [5.41, 5.74) is 0.0537. The molecule has 1 aliphatic carbocycles. The minimum absolute atomic E-state index is 0.181. The lowest BCUT2D eigenvalue weighted by molar-refractivity contribution is 0.0981. The first-order valence-electron chi connectivity index (χ1n) is 12.1. The number of sulfonamides is 1. The highest BCUT2D eigenvalue weighted by Crippen LogP contribution is 2.37. The van der Waals surface area contributed by atoms with Gasteiger partial charge in [-0.3, -0.25) is 4.79 Å². The first-order valence-corrected chi connectivity index (χ1v) is 13.6. The van der Waals surface area contributed by atoms with Crippen molar-refractivity contribution in [1.82, 2.24) is 14.7 Å². The van der Waals surface area contributed by atoms with E-state index in [1.165, 1.54) is 12.5 Å². The average Bonchev–Trinajstić information content (AvgIpc) is 3.07. The minimum Gasteiger partial charge on any atom is -0.367 e. The summed E-state index contributed by atoms with van der Waals surface area (Å²) in [6.45, 7) is 9.34. The number of carbonyl (C=O) groups excluding carboxylic acids is 1. The van der Waals surface area contributed by atoms with Gasteiger partial charge in [0, 0.05) is 24.3 Å². The van der Waals surface area contributed by atoms with Crippen molar-refractivity contribution in [3.63, 3.8) is 0 Å². The zero-order valence-electron chi connectivity index (χ0n) is 20.4. The molecule has 184 valence electrons. The Morgan fingerprint density at radius 1 is 1.12 bits per heavy atom. The summed E-state index contributed by atoms with van der Waals surface area (Å²) in [5, 5.41) is 3.20. The van der Waals surface area contributed by atoms with Crippen LogP contribution in [0.2, 0.25) is 0 Å². The van der Waals surface area contributed by atoms with Gasteiger partial charge < -0.3 is 10.2 Å². The predicted molar refractivity (Wildman–Crippen MR) is 133 cm³/mol. The second-order valence-corrected chi connectivity index (χ2v) is 12.0. The summed E-state index contributed by atoms with van der Waals surface area (Å²) in [4.78, 5) is 24.0. The molecule has 1 amide bonds. The van der Waals surface area contributed by atoms with Crippen LogP contribution in [-0.4, -0.2) is 42.4 Å². The summed E-state index contributed by atoms with van der Waals surface area (Å²) >= 11 is 0. The van der Waals surface area contributed by atoms with Crippen LogP contribution in [0, 0.1) is 11.8 Å². The van der Waals surface area contributed by atoms with E-state index >= 15 is 0 Å².